The van der Waals surface area contributed by atoms with E-state index < -0.39 is 10.1 Å². The van der Waals surface area contributed by atoms with E-state index in [0.29, 0.717) is 19.4 Å². The molecule has 0 amide bonds. The van der Waals surface area contributed by atoms with Crippen LogP contribution in [0.4, 0.5) is 0 Å². The minimum Gasteiger partial charge on any atom is -0.859 e. The molecule has 0 unspecified atom stereocenters. The van der Waals surface area contributed by atoms with E-state index in [2.05, 4.69) is 11.9 Å². The summed E-state index contributed by atoms with van der Waals surface area (Å²) in [5.74, 6) is -0.537. The number of rotatable bonds is 17. The molecule has 7 heteroatoms. The first-order valence-corrected chi connectivity index (χ1v) is 11.4. The molecule has 5 nitrogen and oxygen atoms in total. The van der Waals surface area contributed by atoms with Gasteiger partial charge in [0.1, 0.15) is 0 Å². The van der Waals surface area contributed by atoms with E-state index in [4.69, 9.17) is 4.55 Å². The molecule has 0 aliphatic heterocycles. The first-order chi connectivity index (χ1) is 12.0. The Labute approximate surface area is 182 Å². The number of unbranched alkanes of at least 4 members (excludes halogenated alkanes) is 11. The van der Waals surface area contributed by atoms with Crippen molar-refractivity contribution < 1.29 is 47.6 Å². The van der Waals surface area contributed by atoms with E-state index in [0.717, 1.165) is 12.8 Å². The molecule has 0 rings (SSSR count). The fourth-order valence-corrected chi connectivity index (χ4v) is 3.14. The molecule has 0 aromatic rings. The van der Waals surface area contributed by atoms with Crippen LogP contribution in [0.1, 0.15) is 90.4 Å². The second-order valence-corrected chi connectivity index (χ2v) is 8.16. The van der Waals surface area contributed by atoms with Gasteiger partial charge in [-0.25, -0.2) is 0 Å². The van der Waals surface area contributed by atoms with Crippen LogP contribution in [-0.4, -0.2) is 31.2 Å². The quantitative estimate of drug-likeness (QED) is 0.132. The first-order valence-electron chi connectivity index (χ1n) is 9.79. The molecule has 0 bridgehead atoms. The van der Waals surface area contributed by atoms with Crippen LogP contribution in [0.5, 0.6) is 0 Å². The third kappa shape index (κ3) is 24.1. The molecule has 0 spiro atoms. The summed E-state index contributed by atoms with van der Waals surface area (Å²) in [5.41, 5.74) is 0. The van der Waals surface area contributed by atoms with Crippen LogP contribution in [-0.2, 0) is 10.1 Å². The summed E-state index contributed by atoms with van der Waals surface area (Å²) in [4.78, 5) is 3.83. The second kappa shape index (κ2) is 19.9. The summed E-state index contributed by atoms with van der Waals surface area (Å²) in [6.07, 6.45) is 18.1. The van der Waals surface area contributed by atoms with Gasteiger partial charge in [0, 0.05) is 6.54 Å². The molecule has 0 fully saturated rings. The molecule has 0 heterocycles. The molecule has 1 N–H and O–H groups in total. The van der Waals surface area contributed by atoms with Crippen LogP contribution in [0.3, 0.4) is 0 Å². The van der Waals surface area contributed by atoms with Crippen LogP contribution in [0, 0.1) is 0 Å². The van der Waals surface area contributed by atoms with Crippen LogP contribution >= 0.6 is 0 Å². The van der Waals surface area contributed by atoms with E-state index in [9.17, 15) is 13.5 Å². The van der Waals surface area contributed by atoms with Crippen molar-refractivity contribution in [3.05, 3.63) is 12.2 Å². The van der Waals surface area contributed by atoms with Gasteiger partial charge in [-0.05, 0) is 31.6 Å². The van der Waals surface area contributed by atoms with Gasteiger partial charge in [0.15, 0.2) is 0 Å². The minimum absolute atomic E-state index is 0. The zero-order valence-electron chi connectivity index (χ0n) is 16.8. The Hall–Kier alpha value is 0.120. The van der Waals surface area contributed by atoms with Gasteiger partial charge in [-0.2, -0.15) is 8.42 Å². The fraction of sp³-hybridized carbons (Fsp3) is 0.842. The van der Waals surface area contributed by atoms with Crippen molar-refractivity contribution in [1.82, 2.24) is 0 Å². The molecule has 0 radical (unpaired) electrons. The summed E-state index contributed by atoms with van der Waals surface area (Å²) >= 11 is 0. The number of allylic oxidation sites excluding steroid dienone is 1. The van der Waals surface area contributed by atoms with Crippen LogP contribution in [0.2, 0.25) is 0 Å². The Kier molecular flexibility index (Phi) is 21.7. The Bertz CT molecular complexity index is 464. The second-order valence-electron chi connectivity index (χ2n) is 6.59. The summed E-state index contributed by atoms with van der Waals surface area (Å²) in [6, 6.07) is 0. The molecular formula is C19H36NNaO4S. The Morgan fingerprint density at radius 3 is 2.00 bits per heavy atom. The van der Waals surface area contributed by atoms with E-state index >= 15 is 0 Å². The zero-order chi connectivity index (χ0) is 18.8. The van der Waals surface area contributed by atoms with Crippen molar-refractivity contribution in [3.63, 3.8) is 0 Å². The van der Waals surface area contributed by atoms with E-state index in [1.807, 2.05) is 6.08 Å². The Balaban J connectivity index is 0. The summed E-state index contributed by atoms with van der Waals surface area (Å²) in [6.45, 7) is 2.54. The third-order valence-electron chi connectivity index (χ3n) is 4.06. The normalized spacial score (nSPS) is 12.5. The van der Waals surface area contributed by atoms with Crippen molar-refractivity contribution in [2.75, 3.05) is 12.3 Å². The topological polar surface area (TPSA) is 89.8 Å². The maximum Gasteiger partial charge on any atom is 1.00 e. The van der Waals surface area contributed by atoms with Gasteiger partial charge in [0.2, 0.25) is 0 Å². The van der Waals surface area contributed by atoms with Gasteiger partial charge < -0.3 is 10.1 Å². The SMILES string of the molecule is CCCCCCCCCCCC/C=C/C([O-])=NCCCCS(=O)(=O)O.[Na+]. The van der Waals surface area contributed by atoms with Gasteiger partial charge in [-0.15, -0.1) is 0 Å². The van der Waals surface area contributed by atoms with Gasteiger partial charge in [-0.1, -0.05) is 76.9 Å². The predicted molar refractivity (Wildman–Crippen MR) is 104 cm³/mol. The third-order valence-corrected chi connectivity index (χ3v) is 4.87. The molecule has 0 atom stereocenters. The van der Waals surface area contributed by atoms with Gasteiger partial charge >= 0.3 is 29.6 Å². The molecule has 26 heavy (non-hydrogen) atoms. The predicted octanol–water partition coefficient (Wildman–Crippen LogP) is 1.28. The van der Waals surface area contributed by atoms with Crippen molar-refractivity contribution >= 4 is 16.0 Å². The molecule has 0 aromatic carbocycles. The van der Waals surface area contributed by atoms with Gasteiger partial charge in [-0.3, -0.25) is 4.55 Å². The van der Waals surface area contributed by atoms with Crippen molar-refractivity contribution in [2.45, 2.75) is 90.4 Å². The summed E-state index contributed by atoms with van der Waals surface area (Å²) < 4.78 is 29.6. The maximum atomic E-state index is 11.5. The molecule has 0 aromatic heterocycles. The summed E-state index contributed by atoms with van der Waals surface area (Å²) in [7, 11) is -3.90. The van der Waals surface area contributed by atoms with Crippen molar-refractivity contribution in [1.29, 1.82) is 0 Å². The number of hydrogen-bond acceptors (Lipinski definition) is 4. The Morgan fingerprint density at radius 2 is 1.46 bits per heavy atom. The van der Waals surface area contributed by atoms with Crippen molar-refractivity contribution in [3.8, 4) is 0 Å². The number of aliphatic imine (C=N–C) groups is 1. The molecule has 0 aliphatic rings. The number of nitrogens with zero attached hydrogens (tertiary/aromatic N) is 1. The maximum absolute atomic E-state index is 11.5. The van der Waals surface area contributed by atoms with Crippen molar-refractivity contribution in [2.24, 2.45) is 4.99 Å². The van der Waals surface area contributed by atoms with Crippen LogP contribution in [0.15, 0.2) is 17.1 Å². The molecule has 0 saturated heterocycles. The van der Waals surface area contributed by atoms with E-state index in [1.165, 1.54) is 63.9 Å². The van der Waals surface area contributed by atoms with Crippen LogP contribution < -0.4 is 34.7 Å². The monoisotopic (exact) mass is 397 g/mol. The first kappa shape index (κ1) is 28.3. The fourth-order valence-electron chi connectivity index (χ4n) is 2.57. The zero-order valence-corrected chi connectivity index (χ0v) is 19.6. The average Bonchev–Trinajstić information content (AvgIpc) is 2.54. The van der Waals surface area contributed by atoms with Gasteiger partial charge in [0.05, 0.1) is 5.75 Å². The average molecular weight is 398 g/mol. The minimum atomic E-state index is -3.90. The van der Waals surface area contributed by atoms with Crippen LogP contribution in [0.25, 0.3) is 0 Å². The molecule has 0 aliphatic carbocycles. The van der Waals surface area contributed by atoms with E-state index in [1.54, 1.807) is 0 Å². The number of hydrogen-bond donors (Lipinski definition) is 1. The van der Waals surface area contributed by atoms with Gasteiger partial charge in [0.25, 0.3) is 10.1 Å². The molecule has 148 valence electrons. The molecular weight excluding hydrogens is 361 g/mol. The summed E-state index contributed by atoms with van der Waals surface area (Å²) in [5, 5.41) is 11.5. The van der Waals surface area contributed by atoms with E-state index in [-0.39, 0.29) is 41.2 Å². The largest absolute Gasteiger partial charge is 1.00 e. The smallest absolute Gasteiger partial charge is 0.859 e. The standard InChI is InChI=1S/C19H37NO4S.Na/c1-2-3-4-5-6-7-8-9-10-11-12-13-16-19(21)20-17-14-15-18-25(22,23)24;/h13,16H,2-12,14-15,17-18H2,1H3,(H,20,21)(H,22,23,24);/q;+1/p-1/b16-13+;. The molecule has 0 saturated carbocycles. The Morgan fingerprint density at radius 1 is 0.923 bits per heavy atom.